The third-order valence-corrected chi connectivity index (χ3v) is 6.93. The van der Waals surface area contributed by atoms with Gasteiger partial charge in [-0.05, 0) is 28.1 Å². The van der Waals surface area contributed by atoms with Crippen molar-refractivity contribution in [2.75, 3.05) is 6.61 Å². The summed E-state index contributed by atoms with van der Waals surface area (Å²) in [5.74, 6) is -0.0145. The lowest BCUT2D eigenvalue weighted by molar-refractivity contribution is -0.130. The molecule has 5 heteroatoms. The molecule has 2 aromatic carbocycles. The second kappa shape index (κ2) is 7.75. The van der Waals surface area contributed by atoms with Gasteiger partial charge in [-0.3, -0.25) is 9.69 Å². The molecule has 1 N–H and O–H groups in total. The van der Waals surface area contributed by atoms with E-state index in [1.807, 2.05) is 23.6 Å². The first-order chi connectivity index (χ1) is 14.2. The molecule has 148 valence electrons. The van der Waals surface area contributed by atoms with Gasteiger partial charge in [-0.1, -0.05) is 60.7 Å². The van der Waals surface area contributed by atoms with Crippen molar-refractivity contribution in [3.63, 3.8) is 0 Å². The number of benzene rings is 2. The van der Waals surface area contributed by atoms with Gasteiger partial charge in [0, 0.05) is 24.4 Å². The molecule has 1 amide bonds. The van der Waals surface area contributed by atoms with Gasteiger partial charge >= 0.3 is 0 Å². The molecule has 0 bridgehead atoms. The summed E-state index contributed by atoms with van der Waals surface area (Å²) >= 11 is 1.65. The molecule has 0 radical (unpaired) electrons. The van der Waals surface area contributed by atoms with Crippen molar-refractivity contribution in [2.24, 2.45) is 0 Å². The Morgan fingerprint density at radius 3 is 2.76 bits per heavy atom. The molecule has 0 aliphatic carbocycles. The van der Waals surface area contributed by atoms with Gasteiger partial charge in [-0.25, -0.2) is 0 Å². The minimum absolute atomic E-state index is 0.0145. The monoisotopic (exact) mass is 404 g/mol. The minimum atomic E-state index is -0.417. The molecule has 29 heavy (non-hydrogen) atoms. The van der Waals surface area contributed by atoms with Crippen LogP contribution in [-0.2, 0) is 34.7 Å². The van der Waals surface area contributed by atoms with E-state index in [2.05, 4.69) is 58.7 Å². The normalized spacial score (nSPS) is 23.4. The third kappa shape index (κ3) is 3.50. The van der Waals surface area contributed by atoms with E-state index in [9.17, 15) is 4.79 Å². The number of amides is 1. The summed E-state index contributed by atoms with van der Waals surface area (Å²) in [6.45, 7) is 2.85. The summed E-state index contributed by atoms with van der Waals surface area (Å²) in [5, 5.41) is 5.08. The van der Waals surface area contributed by atoms with Crippen molar-refractivity contribution >= 4 is 17.2 Å². The van der Waals surface area contributed by atoms with E-state index in [0.29, 0.717) is 19.6 Å². The molecule has 1 spiro atoms. The van der Waals surface area contributed by atoms with Crippen molar-refractivity contribution in [2.45, 2.75) is 37.7 Å². The lowest BCUT2D eigenvalue weighted by Crippen LogP contribution is -2.42. The third-order valence-electron chi connectivity index (χ3n) is 6.06. The van der Waals surface area contributed by atoms with Crippen LogP contribution in [0.5, 0.6) is 0 Å². The maximum atomic E-state index is 12.8. The van der Waals surface area contributed by atoms with Crippen molar-refractivity contribution < 1.29 is 9.53 Å². The van der Waals surface area contributed by atoms with E-state index in [0.717, 1.165) is 18.0 Å². The van der Waals surface area contributed by atoms with Gasteiger partial charge in [0.15, 0.2) is 0 Å². The lowest BCUT2D eigenvalue weighted by atomic mass is 9.86. The Bertz CT molecular complexity index is 989. The first-order valence-corrected chi connectivity index (χ1v) is 10.9. The summed E-state index contributed by atoms with van der Waals surface area (Å²) < 4.78 is 6.10. The van der Waals surface area contributed by atoms with E-state index >= 15 is 0 Å². The average Bonchev–Trinajstić information content (AvgIpc) is 3.49. The summed E-state index contributed by atoms with van der Waals surface area (Å²) in [4.78, 5) is 16.4. The Hall–Kier alpha value is -2.47. The maximum absolute atomic E-state index is 12.8. The second-order valence-electron chi connectivity index (χ2n) is 7.83. The van der Waals surface area contributed by atoms with Crippen LogP contribution >= 0.6 is 11.3 Å². The summed E-state index contributed by atoms with van der Waals surface area (Å²) in [6.07, 6.45) is 0.270. The molecule has 3 heterocycles. The average molecular weight is 405 g/mol. The number of thiophene rings is 1. The highest BCUT2D eigenvalue weighted by Crippen LogP contribution is 2.47. The quantitative estimate of drug-likeness (QED) is 0.697. The van der Waals surface area contributed by atoms with Gasteiger partial charge in [-0.15, -0.1) is 11.3 Å². The summed E-state index contributed by atoms with van der Waals surface area (Å²) in [6, 6.07) is 23.2. The molecule has 2 aliphatic rings. The number of fused-ring (bicyclic) bond motifs is 2. The molecule has 2 aliphatic heterocycles. The SMILES string of the molecule is O=C(NCc1cccs1)[C@@H]1C[C@]2(CO1)c1ccccc1CN2Cc1ccccc1. The lowest BCUT2D eigenvalue weighted by Gasteiger charge is -2.34. The molecule has 3 aromatic rings. The van der Waals surface area contributed by atoms with Crippen LogP contribution in [0.2, 0.25) is 0 Å². The zero-order valence-electron chi connectivity index (χ0n) is 16.2. The molecule has 1 fully saturated rings. The highest BCUT2D eigenvalue weighted by Gasteiger charge is 2.52. The molecule has 2 atom stereocenters. The zero-order valence-corrected chi connectivity index (χ0v) is 17.0. The van der Waals surface area contributed by atoms with Crippen LogP contribution in [0.1, 0.15) is 28.0 Å². The number of carbonyl (C=O) groups excluding carboxylic acids is 1. The second-order valence-corrected chi connectivity index (χ2v) is 8.86. The van der Waals surface area contributed by atoms with Crippen LogP contribution in [-0.4, -0.2) is 23.5 Å². The van der Waals surface area contributed by atoms with Gasteiger partial charge < -0.3 is 10.1 Å². The topological polar surface area (TPSA) is 41.6 Å². The first-order valence-electron chi connectivity index (χ1n) is 10.0. The molecule has 1 aromatic heterocycles. The van der Waals surface area contributed by atoms with E-state index in [4.69, 9.17) is 4.74 Å². The Morgan fingerprint density at radius 1 is 1.10 bits per heavy atom. The number of rotatable bonds is 5. The summed E-state index contributed by atoms with van der Waals surface area (Å²) in [5.41, 5.74) is 3.69. The van der Waals surface area contributed by atoms with Gasteiger partial charge in [0.1, 0.15) is 6.10 Å². The van der Waals surface area contributed by atoms with Gasteiger partial charge in [0.25, 0.3) is 0 Å². The predicted octanol–water partition coefficient (Wildman–Crippen LogP) is 4.06. The molecule has 1 saturated heterocycles. The van der Waals surface area contributed by atoms with E-state index in [-0.39, 0.29) is 11.4 Å². The molecule has 0 unspecified atom stereocenters. The Labute approximate surface area is 175 Å². The number of hydrogen-bond donors (Lipinski definition) is 1. The number of ether oxygens (including phenoxy) is 1. The van der Waals surface area contributed by atoms with E-state index in [1.165, 1.54) is 16.7 Å². The molecule has 0 saturated carbocycles. The van der Waals surface area contributed by atoms with Crippen molar-refractivity contribution in [1.29, 1.82) is 0 Å². The van der Waals surface area contributed by atoms with Crippen molar-refractivity contribution in [3.05, 3.63) is 93.7 Å². The fourth-order valence-corrected chi connectivity index (χ4v) is 5.24. The first kappa shape index (κ1) is 18.6. The predicted molar refractivity (Wildman–Crippen MR) is 114 cm³/mol. The van der Waals surface area contributed by atoms with E-state index in [1.54, 1.807) is 11.3 Å². The fourth-order valence-electron chi connectivity index (χ4n) is 4.59. The van der Waals surface area contributed by atoms with Crippen LogP contribution < -0.4 is 5.32 Å². The van der Waals surface area contributed by atoms with Gasteiger partial charge in [0.2, 0.25) is 5.91 Å². The molecular formula is C24H24N2O2S. The Morgan fingerprint density at radius 2 is 1.93 bits per heavy atom. The molecule has 5 rings (SSSR count). The number of hydrogen-bond acceptors (Lipinski definition) is 4. The largest absolute Gasteiger partial charge is 0.366 e. The number of nitrogens with zero attached hydrogens (tertiary/aromatic N) is 1. The molecule has 4 nitrogen and oxygen atoms in total. The standard InChI is InChI=1S/C24H24N2O2S/c27-23(25-14-20-10-6-12-29-20)22-13-24(17-28-22)21-11-5-4-9-19(21)16-26(24)15-18-7-2-1-3-8-18/h1-12,22H,13-17H2,(H,25,27)/t22-,24-/m0/s1. The molecular weight excluding hydrogens is 380 g/mol. The number of nitrogens with one attached hydrogen (secondary N) is 1. The fraction of sp³-hybridized carbons (Fsp3) is 0.292. The van der Waals surface area contributed by atoms with Crippen molar-refractivity contribution in [3.8, 4) is 0 Å². The van der Waals surface area contributed by atoms with Crippen LogP contribution in [0.4, 0.5) is 0 Å². The van der Waals surface area contributed by atoms with Crippen LogP contribution in [0, 0.1) is 0 Å². The zero-order chi connectivity index (χ0) is 19.7. The van der Waals surface area contributed by atoms with Gasteiger partial charge in [0.05, 0.1) is 18.7 Å². The maximum Gasteiger partial charge on any atom is 0.249 e. The van der Waals surface area contributed by atoms with Crippen molar-refractivity contribution in [1.82, 2.24) is 10.2 Å². The van der Waals surface area contributed by atoms with Crippen LogP contribution in [0.3, 0.4) is 0 Å². The Balaban J connectivity index is 1.36. The highest BCUT2D eigenvalue weighted by atomic mass is 32.1. The summed E-state index contributed by atoms with van der Waals surface area (Å²) in [7, 11) is 0. The Kier molecular flexibility index (Phi) is 4.96. The highest BCUT2D eigenvalue weighted by molar-refractivity contribution is 7.09. The van der Waals surface area contributed by atoms with Gasteiger partial charge in [-0.2, -0.15) is 0 Å². The van der Waals surface area contributed by atoms with E-state index < -0.39 is 6.10 Å². The van der Waals surface area contributed by atoms with Crippen LogP contribution in [0.25, 0.3) is 0 Å². The minimum Gasteiger partial charge on any atom is -0.366 e. The smallest absolute Gasteiger partial charge is 0.249 e. The van der Waals surface area contributed by atoms with Crippen LogP contribution in [0.15, 0.2) is 72.1 Å². The number of carbonyl (C=O) groups is 1.